The minimum Gasteiger partial charge on any atom is -0.501 e. The summed E-state index contributed by atoms with van der Waals surface area (Å²) in [7, 11) is 0. The fourth-order valence-electron chi connectivity index (χ4n) is 4.83. The molecule has 1 aromatic heterocycles. The van der Waals surface area contributed by atoms with E-state index in [1.54, 1.807) is 21.6 Å². The van der Waals surface area contributed by atoms with Crippen LogP contribution in [-0.2, 0) is 6.54 Å². The van der Waals surface area contributed by atoms with Crippen LogP contribution in [0.25, 0.3) is 0 Å². The van der Waals surface area contributed by atoms with Gasteiger partial charge in [-0.1, -0.05) is 36.0 Å². The minimum absolute atomic E-state index is 0.0195. The number of hydrogen-bond acceptors (Lipinski definition) is 4. The lowest BCUT2D eigenvalue weighted by Crippen LogP contribution is -2.46. The molecule has 1 N–H and O–H groups in total. The van der Waals surface area contributed by atoms with Gasteiger partial charge in [0, 0.05) is 35.1 Å². The smallest absolute Gasteiger partial charge is 0.315 e. The van der Waals surface area contributed by atoms with Gasteiger partial charge in [0.2, 0.25) is 5.75 Å². The van der Waals surface area contributed by atoms with E-state index in [1.165, 1.54) is 0 Å². The first-order valence-electron chi connectivity index (χ1n) is 10.4. The number of hydrogen-bond donors (Lipinski definition) is 1. The molecular formula is C22H25Cl2N3O3. The molecule has 6 nitrogen and oxygen atoms in total. The van der Waals surface area contributed by atoms with Crippen LogP contribution in [0.2, 0.25) is 10.0 Å². The third-order valence-corrected chi connectivity index (χ3v) is 6.86. The van der Waals surface area contributed by atoms with Crippen LogP contribution in [0.4, 0.5) is 0 Å². The van der Waals surface area contributed by atoms with Crippen LogP contribution in [-0.4, -0.2) is 38.1 Å². The summed E-state index contributed by atoms with van der Waals surface area (Å²) in [5, 5.41) is 11.6. The van der Waals surface area contributed by atoms with Crippen molar-refractivity contribution in [3.05, 3.63) is 55.7 Å². The summed E-state index contributed by atoms with van der Waals surface area (Å²) < 4.78 is 1.72. The predicted molar refractivity (Wildman–Crippen MR) is 117 cm³/mol. The van der Waals surface area contributed by atoms with Gasteiger partial charge in [-0.3, -0.25) is 9.59 Å². The SMILES string of the molecule is CC(C)N1CCn2c(C(c3cc(Cl)ccc3Cl)C3CCCC3)nc(=O)c(O)c2C1=O. The molecule has 2 aliphatic rings. The molecular weight excluding hydrogens is 425 g/mol. The van der Waals surface area contributed by atoms with Crippen LogP contribution < -0.4 is 5.56 Å². The fraction of sp³-hybridized carbons (Fsp3) is 0.500. The lowest BCUT2D eigenvalue weighted by molar-refractivity contribution is 0.0636. The molecule has 2 aromatic rings. The summed E-state index contributed by atoms with van der Waals surface area (Å²) in [6.45, 7) is 4.77. The normalized spacial score (nSPS) is 18.2. The average molecular weight is 450 g/mol. The molecule has 4 rings (SSSR count). The Bertz CT molecular complexity index is 1040. The van der Waals surface area contributed by atoms with Gasteiger partial charge in [-0.05, 0) is 56.4 Å². The largest absolute Gasteiger partial charge is 0.501 e. The second-order valence-electron chi connectivity index (χ2n) is 8.40. The van der Waals surface area contributed by atoms with E-state index in [2.05, 4.69) is 4.98 Å². The Balaban J connectivity index is 1.95. The van der Waals surface area contributed by atoms with E-state index in [9.17, 15) is 14.7 Å². The van der Waals surface area contributed by atoms with Crippen LogP contribution >= 0.6 is 23.2 Å². The Labute approximate surface area is 185 Å². The lowest BCUT2D eigenvalue weighted by atomic mass is 9.83. The van der Waals surface area contributed by atoms with Crippen LogP contribution in [0.5, 0.6) is 5.75 Å². The Kier molecular flexibility index (Phi) is 5.82. The summed E-state index contributed by atoms with van der Waals surface area (Å²) >= 11 is 12.9. The van der Waals surface area contributed by atoms with Crippen molar-refractivity contribution >= 4 is 29.1 Å². The standard InChI is InChI=1S/C22H25Cl2N3O3/c1-12(2)26-9-10-27-18(22(26)30)19(28)21(29)25-20(27)17(13-5-3-4-6-13)15-11-14(23)7-8-16(15)24/h7-8,11-13,17,28H,3-6,9-10H2,1-2H3. The zero-order valence-corrected chi connectivity index (χ0v) is 18.6. The van der Waals surface area contributed by atoms with Gasteiger partial charge in [0.05, 0.1) is 0 Å². The molecule has 1 amide bonds. The Morgan fingerprint density at radius 1 is 1.13 bits per heavy atom. The van der Waals surface area contributed by atoms with Crippen LogP contribution in [0.1, 0.15) is 67.3 Å². The summed E-state index contributed by atoms with van der Waals surface area (Å²) in [5.41, 5.74) is 0.0459. The highest BCUT2D eigenvalue weighted by molar-refractivity contribution is 6.33. The Morgan fingerprint density at radius 3 is 2.50 bits per heavy atom. The predicted octanol–water partition coefficient (Wildman–Crippen LogP) is 4.44. The maximum atomic E-state index is 13.1. The highest BCUT2D eigenvalue weighted by atomic mass is 35.5. The minimum atomic E-state index is -0.781. The number of aromatic hydroxyl groups is 1. The molecule has 8 heteroatoms. The molecule has 1 unspecified atom stereocenters. The number of rotatable bonds is 4. The Hall–Kier alpha value is -2.05. The number of carbonyl (C=O) groups excluding carboxylic acids is 1. The molecule has 1 saturated carbocycles. The van der Waals surface area contributed by atoms with E-state index >= 15 is 0 Å². The topological polar surface area (TPSA) is 75.4 Å². The maximum absolute atomic E-state index is 13.1. The lowest BCUT2D eigenvalue weighted by Gasteiger charge is -2.36. The molecule has 1 aromatic carbocycles. The van der Waals surface area contributed by atoms with E-state index in [4.69, 9.17) is 23.2 Å². The number of carbonyl (C=O) groups is 1. The fourth-order valence-corrected chi connectivity index (χ4v) is 5.24. The maximum Gasteiger partial charge on any atom is 0.315 e. The molecule has 0 bridgehead atoms. The molecule has 30 heavy (non-hydrogen) atoms. The van der Waals surface area contributed by atoms with E-state index in [0.29, 0.717) is 29.0 Å². The van der Waals surface area contributed by atoms with Crippen molar-refractivity contribution in [2.45, 2.75) is 58.0 Å². The second kappa shape index (κ2) is 8.23. The van der Waals surface area contributed by atoms with Gasteiger partial charge < -0.3 is 14.6 Å². The van der Waals surface area contributed by atoms with Gasteiger partial charge in [0.1, 0.15) is 5.82 Å². The first-order valence-corrected chi connectivity index (χ1v) is 11.1. The first-order chi connectivity index (χ1) is 14.3. The number of halogens is 2. The molecule has 1 aliphatic heterocycles. The number of benzene rings is 1. The van der Waals surface area contributed by atoms with Gasteiger partial charge in [-0.15, -0.1) is 0 Å². The summed E-state index contributed by atoms with van der Waals surface area (Å²) in [5.74, 6) is -0.495. The average Bonchev–Trinajstić information content (AvgIpc) is 3.22. The van der Waals surface area contributed by atoms with E-state index < -0.39 is 11.3 Å². The van der Waals surface area contributed by atoms with Crippen LogP contribution in [0.3, 0.4) is 0 Å². The molecule has 0 spiro atoms. The van der Waals surface area contributed by atoms with E-state index in [-0.39, 0.29) is 29.5 Å². The number of fused-ring (bicyclic) bond motifs is 1. The Morgan fingerprint density at radius 2 is 1.83 bits per heavy atom. The second-order valence-corrected chi connectivity index (χ2v) is 9.25. The molecule has 1 fully saturated rings. The van der Waals surface area contributed by atoms with Gasteiger partial charge >= 0.3 is 5.56 Å². The molecule has 2 heterocycles. The van der Waals surface area contributed by atoms with Crippen molar-refractivity contribution in [1.29, 1.82) is 0 Å². The molecule has 1 atom stereocenters. The van der Waals surface area contributed by atoms with Crippen molar-refractivity contribution in [3.63, 3.8) is 0 Å². The quantitative estimate of drug-likeness (QED) is 0.747. The highest BCUT2D eigenvalue weighted by Crippen LogP contribution is 2.44. The molecule has 0 saturated heterocycles. The van der Waals surface area contributed by atoms with Crippen molar-refractivity contribution in [1.82, 2.24) is 14.5 Å². The molecule has 160 valence electrons. The summed E-state index contributed by atoms with van der Waals surface area (Å²) in [6, 6.07) is 5.27. The number of aromatic nitrogens is 2. The van der Waals surface area contributed by atoms with Gasteiger partial charge in [-0.25, -0.2) is 0 Å². The third-order valence-electron chi connectivity index (χ3n) is 6.28. The number of nitrogens with zero attached hydrogens (tertiary/aromatic N) is 3. The van der Waals surface area contributed by atoms with Crippen molar-refractivity contribution in [2.75, 3.05) is 6.54 Å². The van der Waals surface area contributed by atoms with E-state index in [1.807, 2.05) is 19.9 Å². The zero-order chi connectivity index (χ0) is 21.6. The summed E-state index contributed by atoms with van der Waals surface area (Å²) in [4.78, 5) is 31.7. The number of amides is 1. The summed E-state index contributed by atoms with van der Waals surface area (Å²) in [6.07, 6.45) is 4.14. The monoisotopic (exact) mass is 449 g/mol. The van der Waals surface area contributed by atoms with Gasteiger partial charge in [0.25, 0.3) is 5.91 Å². The first kappa shape index (κ1) is 21.2. The molecule has 1 aliphatic carbocycles. The van der Waals surface area contributed by atoms with Crippen molar-refractivity contribution in [2.24, 2.45) is 5.92 Å². The zero-order valence-electron chi connectivity index (χ0n) is 17.1. The van der Waals surface area contributed by atoms with Crippen molar-refractivity contribution in [3.8, 4) is 5.75 Å². The van der Waals surface area contributed by atoms with E-state index in [0.717, 1.165) is 31.2 Å². The van der Waals surface area contributed by atoms with Gasteiger partial charge in [-0.2, -0.15) is 4.98 Å². The highest BCUT2D eigenvalue weighted by Gasteiger charge is 2.38. The van der Waals surface area contributed by atoms with Crippen molar-refractivity contribution < 1.29 is 9.90 Å². The molecule has 0 radical (unpaired) electrons. The van der Waals surface area contributed by atoms with Crippen LogP contribution in [0, 0.1) is 5.92 Å². The third kappa shape index (κ3) is 3.60. The van der Waals surface area contributed by atoms with Gasteiger partial charge in [0.15, 0.2) is 5.69 Å². The van der Waals surface area contributed by atoms with Crippen LogP contribution in [0.15, 0.2) is 23.0 Å².